The van der Waals surface area contributed by atoms with Crippen molar-refractivity contribution in [3.63, 3.8) is 0 Å². The maximum Gasteiger partial charge on any atom is 0.340 e. The molecule has 21 heavy (non-hydrogen) atoms. The predicted molar refractivity (Wildman–Crippen MR) is 88.6 cm³/mol. The molecule has 1 saturated carbocycles. The lowest BCUT2D eigenvalue weighted by atomic mass is 9.96. The van der Waals surface area contributed by atoms with Gasteiger partial charge in [0.15, 0.2) is 5.11 Å². The van der Waals surface area contributed by atoms with Gasteiger partial charge in [-0.1, -0.05) is 31.4 Å². The van der Waals surface area contributed by atoms with Gasteiger partial charge in [0.2, 0.25) is 0 Å². The van der Waals surface area contributed by atoms with Gasteiger partial charge in [-0.05, 0) is 44.1 Å². The molecule has 0 aromatic heterocycles. The van der Waals surface area contributed by atoms with Crippen LogP contribution in [0.25, 0.3) is 0 Å². The van der Waals surface area contributed by atoms with Crippen LogP contribution in [0.15, 0.2) is 24.3 Å². The van der Waals surface area contributed by atoms with Crippen LogP contribution in [0, 0.1) is 0 Å². The zero-order valence-corrected chi connectivity index (χ0v) is 13.2. The first kappa shape index (κ1) is 15.8. The Morgan fingerprint density at radius 1 is 1.29 bits per heavy atom. The summed E-state index contributed by atoms with van der Waals surface area (Å²) in [6.07, 6.45) is 6.12. The SMILES string of the molecule is CCOC(=O)c1ccccc1NC(=S)NC1CCCCC1. The van der Waals surface area contributed by atoms with Crippen molar-refractivity contribution in [2.45, 2.75) is 45.1 Å². The normalized spacial score (nSPS) is 15.3. The zero-order valence-electron chi connectivity index (χ0n) is 12.4. The topological polar surface area (TPSA) is 50.4 Å². The minimum Gasteiger partial charge on any atom is -0.462 e. The molecule has 0 atom stereocenters. The van der Waals surface area contributed by atoms with Crippen molar-refractivity contribution in [1.82, 2.24) is 5.32 Å². The number of nitrogens with one attached hydrogen (secondary N) is 2. The number of anilines is 1. The van der Waals surface area contributed by atoms with Crippen LogP contribution in [0.3, 0.4) is 0 Å². The zero-order chi connectivity index (χ0) is 15.1. The van der Waals surface area contributed by atoms with Crippen LogP contribution in [0.4, 0.5) is 5.69 Å². The lowest BCUT2D eigenvalue weighted by Crippen LogP contribution is -2.39. The van der Waals surface area contributed by atoms with Crippen molar-refractivity contribution in [1.29, 1.82) is 0 Å². The number of ether oxygens (including phenoxy) is 1. The van der Waals surface area contributed by atoms with E-state index in [0.717, 1.165) is 12.8 Å². The van der Waals surface area contributed by atoms with E-state index < -0.39 is 0 Å². The largest absolute Gasteiger partial charge is 0.462 e. The lowest BCUT2D eigenvalue weighted by molar-refractivity contribution is 0.0527. The van der Waals surface area contributed by atoms with Crippen LogP contribution in [-0.4, -0.2) is 23.7 Å². The maximum atomic E-state index is 11.9. The van der Waals surface area contributed by atoms with Crippen LogP contribution in [0.1, 0.15) is 49.4 Å². The van der Waals surface area contributed by atoms with Crippen molar-refractivity contribution in [2.75, 3.05) is 11.9 Å². The number of benzene rings is 1. The first-order valence-corrected chi connectivity index (χ1v) is 7.95. The molecule has 0 amide bonds. The second-order valence-corrected chi connectivity index (χ2v) is 5.61. The fourth-order valence-corrected chi connectivity index (χ4v) is 2.85. The van der Waals surface area contributed by atoms with Crippen molar-refractivity contribution >= 4 is 29.0 Å². The van der Waals surface area contributed by atoms with E-state index in [4.69, 9.17) is 17.0 Å². The first-order valence-electron chi connectivity index (χ1n) is 7.54. The number of carbonyl (C=O) groups is 1. The molecule has 0 saturated heterocycles. The molecule has 4 nitrogen and oxygen atoms in total. The second kappa shape index (κ2) is 7.98. The van der Waals surface area contributed by atoms with Gasteiger partial charge in [-0.15, -0.1) is 0 Å². The summed E-state index contributed by atoms with van der Waals surface area (Å²) < 4.78 is 5.06. The van der Waals surface area contributed by atoms with Crippen LogP contribution in [0.5, 0.6) is 0 Å². The molecule has 1 aliphatic carbocycles. The summed E-state index contributed by atoms with van der Waals surface area (Å²) in [6.45, 7) is 2.15. The number of hydrogen-bond donors (Lipinski definition) is 2. The van der Waals surface area contributed by atoms with Crippen LogP contribution >= 0.6 is 12.2 Å². The van der Waals surface area contributed by atoms with Gasteiger partial charge < -0.3 is 15.4 Å². The Morgan fingerprint density at radius 3 is 2.71 bits per heavy atom. The summed E-state index contributed by atoms with van der Waals surface area (Å²) in [5, 5.41) is 7.02. The van der Waals surface area contributed by atoms with E-state index in [2.05, 4.69) is 10.6 Å². The number of hydrogen-bond acceptors (Lipinski definition) is 3. The van der Waals surface area contributed by atoms with E-state index in [1.54, 1.807) is 13.0 Å². The van der Waals surface area contributed by atoms with Crippen molar-refractivity contribution < 1.29 is 9.53 Å². The highest BCUT2D eigenvalue weighted by Crippen LogP contribution is 2.19. The molecule has 0 aliphatic heterocycles. The summed E-state index contributed by atoms with van der Waals surface area (Å²) in [4.78, 5) is 11.9. The highest BCUT2D eigenvalue weighted by atomic mass is 32.1. The van der Waals surface area contributed by atoms with Gasteiger partial charge in [0.25, 0.3) is 0 Å². The lowest BCUT2D eigenvalue weighted by Gasteiger charge is -2.24. The van der Waals surface area contributed by atoms with E-state index in [-0.39, 0.29) is 5.97 Å². The molecule has 2 N–H and O–H groups in total. The molecule has 0 spiro atoms. The van der Waals surface area contributed by atoms with Gasteiger partial charge in [0.05, 0.1) is 17.9 Å². The molecule has 0 radical (unpaired) electrons. The van der Waals surface area contributed by atoms with Gasteiger partial charge in [-0.3, -0.25) is 0 Å². The monoisotopic (exact) mass is 306 g/mol. The van der Waals surface area contributed by atoms with E-state index in [9.17, 15) is 4.79 Å². The summed E-state index contributed by atoms with van der Waals surface area (Å²) in [5.41, 5.74) is 1.19. The Kier molecular flexibility index (Phi) is 5.99. The Bertz CT molecular complexity index is 499. The number of para-hydroxylation sites is 1. The standard InChI is InChI=1S/C16H22N2O2S/c1-2-20-15(19)13-10-6-7-11-14(13)18-16(21)17-12-8-4-3-5-9-12/h6-7,10-12H,2-5,8-9H2,1H3,(H2,17,18,21). The molecule has 0 bridgehead atoms. The quantitative estimate of drug-likeness (QED) is 0.659. The van der Waals surface area contributed by atoms with E-state index in [1.165, 1.54) is 19.3 Å². The molecular weight excluding hydrogens is 284 g/mol. The van der Waals surface area contributed by atoms with E-state index in [1.807, 2.05) is 18.2 Å². The summed E-state index contributed by atoms with van der Waals surface area (Å²) in [5.74, 6) is -0.332. The van der Waals surface area contributed by atoms with Gasteiger partial charge in [0.1, 0.15) is 0 Å². The number of rotatable bonds is 4. The number of thiocarbonyl (C=S) groups is 1. The Labute approximate surface area is 131 Å². The van der Waals surface area contributed by atoms with Gasteiger partial charge in [-0.25, -0.2) is 4.79 Å². The Morgan fingerprint density at radius 2 is 2.00 bits per heavy atom. The molecule has 1 fully saturated rings. The predicted octanol–water partition coefficient (Wildman–Crippen LogP) is 3.48. The fourth-order valence-electron chi connectivity index (χ4n) is 2.57. The molecule has 1 aromatic carbocycles. The Balaban J connectivity index is 1.98. The summed E-state index contributed by atoms with van der Waals surface area (Å²) in [7, 11) is 0. The molecule has 0 heterocycles. The molecule has 1 aromatic rings. The molecule has 1 aliphatic rings. The molecular formula is C16H22N2O2S. The van der Waals surface area contributed by atoms with Crippen molar-refractivity contribution in [2.24, 2.45) is 0 Å². The highest BCUT2D eigenvalue weighted by Gasteiger charge is 2.16. The third-order valence-electron chi connectivity index (χ3n) is 3.61. The van der Waals surface area contributed by atoms with Crippen molar-refractivity contribution in [3.05, 3.63) is 29.8 Å². The van der Waals surface area contributed by atoms with E-state index >= 15 is 0 Å². The summed E-state index contributed by atoms with van der Waals surface area (Å²) >= 11 is 5.35. The van der Waals surface area contributed by atoms with Crippen molar-refractivity contribution in [3.8, 4) is 0 Å². The van der Waals surface area contributed by atoms with Crippen LogP contribution in [0.2, 0.25) is 0 Å². The summed E-state index contributed by atoms with van der Waals surface area (Å²) in [6, 6.07) is 7.70. The van der Waals surface area contributed by atoms with Crippen LogP contribution in [-0.2, 0) is 4.74 Å². The van der Waals surface area contributed by atoms with Gasteiger partial charge in [-0.2, -0.15) is 0 Å². The second-order valence-electron chi connectivity index (χ2n) is 5.20. The maximum absolute atomic E-state index is 11.9. The third-order valence-corrected chi connectivity index (χ3v) is 3.83. The minimum atomic E-state index is -0.332. The van der Waals surface area contributed by atoms with Crippen LogP contribution < -0.4 is 10.6 Å². The average Bonchev–Trinajstić information content (AvgIpc) is 2.49. The van der Waals surface area contributed by atoms with Gasteiger partial charge >= 0.3 is 5.97 Å². The molecule has 114 valence electrons. The fraction of sp³-hybridized carbons (Fsp3) is 0.500. The third kappa shape index (κ3) is 4.70. The number of carbonyl (C=O) groups excluding carboxylic acids is 1. The first-order chi connectivity index (χ1) is 10.2. The van der Waals surface area contributed by atoms with E-state index in [0.29, 0.717) is 29.0 Å². The molecule has 0 unspecified atom stereocenters. The Hall–Kier alpha value is -1.62. The highest BCUT2D eigenvalue weighted by molar-refractivity contribution is 7.80. The number of esters is 1. The minimum absolute atomic E-state index is 0.332. The molecule has 5 heteroatoms. The van der Waals surface area contributed by atoms with Gasteiger partial charge in [0, 0.05) is 6.04 Å². The average molecular weight is 306 g/mol. The smallest absolute Gasteiger partial charge is 0.340 e. The molecule has 2 rings (SSSR count).